The number of hydrogen-bond acceptors (Lipinski definition) is 2. The van der Waals surface area contributed by atoms with Crippen molar-refractivity contribution in [3.63, 3.8) is 0 Å². The molecule has 2 aromatic rings. The van der Waals surface area contributed by atoms with E-state index in [0.29, 0.717) is 12.1 Å². The van der Waals surface area contributed by atoms with Gasteiger partial charge in [0.2, 0.25) is 0 Å². The number of nitrogens with one attached hydrogen (secondary N) is 1. The van der Waals surface area contributed by atoms with Crippen molar-refractivity contribution in [1.82, 2.24) is 4.90 Å². The highest BCUT2D eigenvalue weighted by Crippen LogP contribution is 2.29. The lowest BCUT2D eigenvalue weighted by Crippen LogP contribution is -2.35. The zero-order chi connectivity index (χ0) is 15.0. The van der Waals surface area contributed by atoms with Gasteiger partial charge in [-0.25, -0.2) is 9.18 Å². The molecule has 2 N–H and O–H groups in total. The van der Waals surface area contributed by atoms with Crippen LogP contribution >= 0.6 is 0 Å². The van der Waals surface area contributed by atoms with Crippen molar-refractivity contribution in [2.24, 2.45) is 0 Å². The van der Waals surface area contributed by atoms with Gasteiger partial charge in [-0.2, -0.15) is 0 Å². The van der Waals surface area contributed by atoms with Gasteiger partial charge in [0, 0.05) is 24.8 Å². The molecule has 5 heteroatoms. The summed E-state index contributed by atoms with van der Waals surface area (Å²) in [6, 6.07) is 11.2. The van der Waals surface area contributed by atoms with Crippen molar-refractivity contribution in [2.45, 2.75) is 12.6 Å². The molecule has 2 aromatic carbocycles. The second-order valence-electron chi connectivity index (χ2n) is 5.13. The first-order valence-corrected chi connectivity index (χ1v) is 6.63. The van der Waals surface area contributed by atoms with Crippen LogP contribution < -0.4 is 5.32 Å². The number of rotatable bonds is 2. The number of anilines is 1. The summed E-state index contributed by atoms with van der Waals surface area (Å²) in [6.07, 6.45) is -1.03. The zero-order valence-corrected chi connectivity index (χ0v) is 11.5. The van der Waals surface area contributed by atoms with E-state index in [9.17, 15) is 14.3 Å². The van der Waals surface area contributed by atoms with Crippen LogP contribution in [0.15, 0.2) is 42.5 Å². The van der Waals surface area contributed by atoms with Crippen molar-refractivity contribution >= 4 is 11.7 Å². The van der Waals surface area contributed by atoms with Crippen LogP contribution in [0.25, 0.3) is 0 Å². The first-order valence-electron chi connectivity index (χ1n) is 6.63. The molecule has 1 aliphatic rings. The molecule has 0 spiro atoms. The summed E-state index contributed by atoms with van der Waals surface area (Å²) < 4.78 is 13.8. The molecule has 3 rings (SSSR count). The van der Waals surface area contributed by atoms with E-state index in [1.807, 2.05) is 0 Å². The van der Waals surface area contributed by atoms with Crippen LogP contribution in [0.5, 0.6) is 0 Å². The zero-order valence-electron chi connectivity index (χ0n) is 11.5. The van der Waals surface area contributed by atoms with Crippen LogP contribution in [-0.4, -0.2) is 23.1 Å². The van der Waals surface area contributed by atoms with E-state index in [1.54, 1.807) is 48.3 Å². The van der Waals surface area contributed by atoms with Gasteiger partial charge in [0.05, 0.1) is 0 Å². The molecule has 4 nitrogen and oxygen atoms in total. The SMILES string of the molecule is CN1Cc2cc(C(O)c3ccccc3F)ccc2NC1=O. The van der Waals surface area contributed by atoms with Gasteiger partial charge in [-0.05, 0) is 29.3 Å². The summed E-state index contributed by atoms with van der Waals surface area (Å²) in [5, 5.41) is 13.1. The smallest absolute Gasteiger partial charge is 0.321 e. The number of carbonyl (C=O) groups excluding carboxylic acids is 1. The van der Waals surface area contributed by atoms with E-state index in [2.05, 4.69) is 5.32 Å². The second kappa shape index (κ2) is 5.18. The summed E-state index contributed by atoms with van der Waals surface area (Å²) in [5.41, 5.74) is 2.46. The minimum Gasteiger partial charge on any atom is -0.384 e. The van der Waals surface area contributed by atoms with Crippen molar-refractivity contribution in [2.75, 3.05) is 12.4 Å². The van der Waals surface area contributed by atoms with Crippen molar-refractivity contribution in [3.05, 3.63) is 65.0 Å². The normalized spacial score (nSPS) is 15.4. The minimum absolute atomic E-state index is 0.162. The number of fused-ring (bicyclic) bond motifs is 1. The molecule has 108 valence electrons. The van der Waals surface area contributed by atoms with E-state index in [0.717, 1.165) is 11.3 Å². The van der Waals surface area contributed by atoms with E-state index in [1.165, 1.54) is 6.07 Å². The van der Waals surface area contributed by atoms with E-state index >= 15 is 0 Å². The van der Waals surface area contributed by atoms with Gasteiger partial charge in [-0.1, -0.05) is 24.3 Å². The fourth-order valence-corrected chi connectivity index (χ4v) is 2.45. The maximum atomic E-state index is 13.8. The molecule has 0 aliphatic carbocycles. The lowest BCUT2D eigenvalue weighted by atomic mass is 9.97. The molecule has 21 heavy (non-hydrogen) atoms. The number of nitrogens with zero attached hydrogens (tertiary/aromatic N) is 1. The molecule has 0 saturated carbocycles. The number of hydrogen-bond donors (Lipinski definition) is 2. The van der Waals surface area contributed by atoms with Gasteiger partial charge < -0.3 is 15.3 Å². The fraction of sp³-hybridized carbons (Fsp3) is 0.188. The molecule has 1 heterocycles. The molecule has 1 atom stereocenters. The summed E-state index contributed by atoms with van der Waals surface area (Å²) in [7, 11) is 1.69. The molecule has 0 fully saturated rings. The second-order valence-corrected chi connectivity index (χ2v) is 5.13. The number of amides is 2. The molecule has 0 bridgehead atoms. The number of halogens is 1. The van der Waals surface area contributed by atoms with Gasteiger partial charge in [0.15, 0.2) is 0 Å². The summed E-state index contributed by atoms with van der Waals surface area (Å²) >= 11 is 0. The van der Waals surface area contributed by atoms with Crippen LogP contribution in [0, 0.1) is 5.82 Å². The Bertz CT molecular complexity index is 702. The maximum absolute atomic E-state index is 13.8. The van der Waals surface area contributed by atoms with Gasteiger partial charge in [-0.15, -0.1) is 0 Å². The van der Waals surface area contributed by atoms with Gasteiger partial charge in [0.1, 0.15) is 11.9 Å². The molecule has 0 radical (unpaired) electrons. The number of urea groups is 1. The van der Waals surface area contributed by atoms with Crippen LogP contribution in [-0.2, 0) is 6.54 Å². The highest BCUT2D eigenvalue weighted by atomic mass is 19.1. The van der Waals surface area contributed by atoms with Gasteiger partial charge in [-0.3, -0.25) is 0 Å². The molecular weight excluding hydrogens is 271 g/mol. The Morgan fingerprint density at radius 3 is 2.81 bits per heavy atom. The standard InChI is InChI=1S/C16H15FN2O2/c1-19-9-11-8-10(6-7-14(11)18-16(19)21)15(20)12-4-2-3-5-13(12)17/h2-8,15,20H,9H2,1H3,(H,18,21). The Kier molecular flexibility index (Phi) is 3.35. The van der Waals surface area contributed by atoms with Crippen LogP contribution in [0.2, 0.25) is 0 Å². The predicted molar refractivity (Wildman–Crippen MR) is 77.4 cm³/mol. The van der Waals surface area contributed by atoms with Crippen LogP contribution in [0.3, 0.4) is 0 Å². The Hall–Kier alpha value is -2.40. The molecule has 2 amide bonds. The lowest BCUT2D eigenvalue weighted by molar-refractivity contribution is 0.213. The molecular formula is C16H15FN2O2. The molecule has 1 unspecified atom stereocenters. The highest BCUT2D eigenvalue weighted by Gasteiger charge is 2.21. The highest BCUT2D eigenvalue weighted by molar-refractivity contribution is 5.92. The van der Waals surface area contributed by atoms with E-state index in [4.69, 9.17) is 0 Å². The lowest BCUT2D eigenvalue weighted by Gasteiger charge is -2.26. The molecule has 0 saturated heterocycles. The average molecular weight is 286 g/mol. The quantitative estimate of drug-likeness (QED) is 0.892. The minimum atomic E-state index is -1.03. The fourth-order valence-electron chi connectivity index (χ4n) is 2.45. The third-order valence-electron chi connectivity index (χ3n) is 3.64. The van der Waals surface area contributed by atoms with Crippen molar-refractivity contribution in [1.29, 1.82) is 0 Å². The monoisotopic (exact) mass is 286 g/mol. The third kappa shape index (κ3) is 2.48. The Morgan fingerprint density at radius 2 is 2.05 bits per heavy atom. The predicted octanol–water partition coefficient (Wildman–Crippen LogP) is 2.88. The average Bonchev–Trinajstić information content (AvgIpc) is 2.48. The summed E-state index contributed by atoms with van der Waals surface area (Å²) in [4.78, 5) is 13.1. The Balaban J connectivity index is 1.96. The van der Waals surface area contributed by atoms with Crippen molar-refractivity contribution in [3.8, 4) is 0 Å². The maximum Gasteiger partial charge on any atom is 0.321 e. The van der Waals surface area contributed by atoms with E-state index in [-0.39, 0.29) is 11.6 Å². The molecule has 1 aliphatic heterocycles. The summed E-state index contributed by atoms with van der Waals surface area (Å²) in [5.74, 6) is -0.437. The van der Waals surface area contributed by atoms with Crippen molar-refractivity contribution < 1.29 is 14.3 Å². The summed E-state index contributed by atoms with van der Waals surface area (Å²) in [6.45, 7) is 0.457. The Morgan fingerprint density at radius 1 is 1.29 bits per heavy atom. The topological polar surface area (TPSA) is 52.6 Å². The molecule has 0 aromatic heterocycles. The van der Waals surface area contributed by atoms with Gasteiger partial charge >= 0.3 is 6.03 Å². The number of carbonyl (C=O) groups is 1. The third-order valence-corrected chi connectivity index (χ3v) is 3.64. The Labute approximate surface area is 121 Å². The van der Waals surface area contributed by atoms with Crippen LogP contribution in [0.4, 0.5) is 14.9 Å². The van der Waals surface area contributed by atoms with E-state index < -0.39 is 11.9 Å². The number of aliphatic hydroxyl groups is 1. The largest absolute Gasteiger partial charge is 0.384 e. The number of aliphatic hydroxyl groups excluding tert-OH is 1. The number of benzene rings is 2. The first kappa shape index (κ1) is 13.6. The van der Waals surface area contributed by atoms with Gasteiger partial charge in [0.25, 0.3) is 0 Å². The van der Waals surface area contributed by atoms with Crippen LogP contribution in [0.1, 0.15) is 22.8 Å². The first-order chi connectivity index (χ1) is 10.1.